The Morgan fingerprint density at radius 3 is 1.45 bits per heavy atom. The zero-order chi connectivity index (χ0) is 21.2. The van der Waals surface area contributed by atoms with Crippen LogP contribution in [0.4, 0.5) is 11.4 Å². The topological polar surface area (TPSA) is 24.7 Å². The molecule has 0 N–H and O–H groups in total. The molecular weight excluding hydrogens is 612 g/mol. The van der Waals surface area contributed by atoms with Crippen LogP contribution in [0, 0.1) is 0 Å². The van der Waals surface area contributed by atoms with Crippen molar-refractivity contribution in [3.63, 3.8) is 0 Å². The number of hydrogen-bond acceptors (Lipinski definition) is 7. The quantitative estimate of drug-likeness (QED) is 0.168. The molecule has 154 valence electrons. The normalized spacial score (nSPS) is 11.9. The van der Waals surface area contributed by atoms with E-state index in [2.05, 4.69) is 79.0 Å². The summed E-state index contributed by atoms with van der Waals surface area (Å²) in [5, 5.41) is 4.21. The summed E-state index contributed by atoms with van der Waals surface area (Å²) in [5.74, 6) is 0. The number of halogens is 2. The van der Waals surface area contributed by atoms with Gasteiger partial charge in [0.25, 0.3) is 0 Å². The van der Waals surface area contributed by atoms with Crippen LogP contribution in [0.3, 0.4) is 0 Å². The first kappa shape index (κ1) is 21.6. The standard InChI is InChI=1S/C22H12Br2N2S5/c23-17-7-5-13(29-17)11-25-19-20(26-12-14-6-8-18(24)30-14)22(16-4-2-10-28-16)31-21(19)15-3-1-9-27-15/h1-12H. The molecule has 0 unspecified atom stereocenters. The van der Waals surface area contributed by atoms with Crippen molar-refractivity contribution < 1.29 is 0 Å². The Bertz CT molecular complexity index is 1250. The molecule has 0 saturated carbocycles. The second-order valence-electron chi connectivity index (χ2n) is 6.21. The lowest BCUT2D eigenvalue weighted by Gasteiger charge is -1.99. The van der Waals surface area contributed by atoms with Gasteiger partial charge in [-0.05, 0) is 79.0 Å². The lowest BCUT2D eigenvalue weighted by molar-refractivity contribution is 1.52. The van der Waals surface area contributed by atoms with Crippen molar-refractivity contribution >= 4 is 112 Å². The van der Waals surface area contributed by atoms with Gasteiger partial charge in [-0.2, -0.15) is 0 Å². The Morgan fingerprint density at radius 1 is 0.613 bits per heavy atom. The molecule has 0 bridgehead atoms. The Kier molecular flexibility index (Phi) is 6.80. The first-order valence-electron chi connectivity index (χ1n) is 9.01. The Labute approximate surface area is 216 Å². The number of rotatable bonds is 6. The predicted molar refractivity (Wildman–Crippen MR) is 149 cm³/mol. The number of hydrogen-bond donors (Lipinski definition) is 0. The molecule has 0 radical (unpaired) electrons. The summed E-state index contributed by atoms with van der Waals surface area (Å²) in [6.45, 7) is 0. The molecule has 5 aromatic heterocycles. The fraction of sp³-hybridized carbons (Fsp3) is 0. The van der Waals surface area contributed by atoms with Crippen LogP contribution in [-0.2, 0) is 0 Å². The van der Waals surface area contributed by atoms with E-state index in [1.807, 2.05) is 24.6 Å². The van der Waals surface area contributed by atoms with Crippen LogP contribution in [0.1, 0.15) is 9.75 Å². The Hall–Kier alpha value is -1.20. The SMILES string of the molecule is Brc1ccc(C=Nc2c(-c3cccs3)sc(-c3cccs3)c2N=Cc2ccc(Br)s2)s1. The third-order valence-electron chi connectivity index (χ3n) is 4.18. The van der Waals surface area contributed by atoms with Crippen LogP contribution < -0.4 is 0 Å². The summed E-state index contributed by atoms with van der Waals surface area (Å²) >= 11 is 15.6. The summed E-state index contributed by atoms with van der Waals surface area (Å²) < 4.78 is 2.19. The minimum absolute atomic E-state index is 0.923. The molecule has 31 heavy (non-hydrogen) atoms. The highest BCUT2D eigenvalue weighted by atomic mass is 79.9. The lowest BCUT2D eigenvalue weighted by Crippen LogP contribution is -1.76. The second kappa shape index (κ2) is 9.74. The molecule has 5 heterocycles. The van der Waals surface area contributed by atoms with Gasteiger partial charge in [0, 0.05) is 31.9 Å². The number of nitrogens with zero attached hydrogens (tertiary/aromatic N) is 2. The molecule has 0 aromatic carbocycles. The third kappa shape index (κ3) is 4.93. The summed E-state index contributed by atoms with van der Waals surface area (Å²) in [5.41, 5.74) is 1.85. The molecule has 0 fully saturated rings. The molecule has 2 nitrogen and oxygen atoms in total. The largest absolute Gasteiger partial charge is 0.252 e. The Morgan fingerprint density at radius 2 is 1.10 bits per heavy atom. The van der Waals surface area contributed by atoms with E-state index in [0.717, 1.165) is 38.5 Å². The number of aliphatic imine (C=N–C) groups is 2. The molecule has 0 aliphatic heterocycles. The lowest BCUT2D eigenvalue weighted by atomic mass is 10.2. The zero-order valence-electron chi connectivity index (χ0n) is 15.6. The van der Waals surface area contributed by atoms with Crippen molar-refractivity contribution in [2.75, 3.05) is 0 Å². The van der Waals surface area contributed by atoms with Crippen LogP contribution in [0.25, 0.3) is 19.5 Å². The molecule has 5 rings (SSSR count). The predicted octanol–water partition coefficient (Wildman–Crippen LogP) is 10.4. The van der Waals surface area contributed by atoms with E-state index in [9.17, 15) is 0 Å². The van der Waals surface area contributed by atoms with Gasteiger partial charge in [-0.1, -0.05) is 12.1 Å². The maximum Gasteiger partial charge on any atom is 0.109 e. The maximum atomic E-state index is 4.96. The van der Waals surface area contributed by atoms with E-state index < -0.39 is 0 Å². The van der Waals surface area contributed by atoms with Crippen molar-refractivity contribution in [2.45, 2.75) is 0 Å². The van der Waals surface area contributed by atoms with Gasteiger partial charge in [0.1, 0.15) is 11.4 Å². The highest BCUT2D eigenvalue weighted by molar-refractivity contribution is 9.11. The zero-order valence-corrected chi connectivity index (χ0v) is 22.9. The van der Waals surface area contributed by atoms with Crippen LogP contribution in [0.15, 0.2) is 76.8 Å². The van der Waals surface area contributed by atoms with E-state index in [1.165, 1.54) is 9.75 Å². The van der Waals surface area contributed by atoms with Crippen LogP contribution in [-0.4, -0.2) is 12.4 Å². The average Bonchev–Trinajstić information content (AvgIpc) is 3.56. The fourth-order valence-electron chi connectivity index (χ4n) is 2.85. The molecule has 0 amide bonds. The Balaban J connectivity index is 1.68. The molecule has 5 aromatic rings. The summed E-state index contributed by atoms with van der Waals surface area (Å²) in [7, 11) is 0. The van der Waals surface area contributed by atoms with Gasteiger partial charge in [0.05, 0.1) is 17.3 Å². The minimum atomic E-state index is 0.923. The van der Waals surface area contributed by atoms with Gasteiger partial charge in [0.2, 0.25) is 0 Å². The third-order valence-corrected chi connectivity index (χ3v) is 10.6. The van der Waals surface area contributed by atoms with Gasteiger partial charge >= 0.3 is 0 Å². The van der Waals surface area contributed by atoms with Gasteiger partial charge in [0.15, 0.2) is 0 Å². The first-order valence-corrected chi connectivity index (χ1v) is 14.8. The fourth-order valence-corrected chi connectivity index (χ4v) is 8.35. The van der Waals surface area contributed by atoms with Gasteiger partial charge in [-0.3, -0.25) is 9.98 Å². The molecular formula is C22H12Br2N2S5. The van der Waals surface area contributed by atoms with Crippen molar-refractivity contribution in [1.29, 1.82) is 0 Å². The second-order valence-corrected chi connectivity index (χ2v) is 14.1. The maximum absolute atomic E-state index is 4.96. The summed E-state index contributed by atoms with van der Waals surface area (Å²) in [4.78, 5) is 16.9. The van der Waals surface area contributed by atoms with E-state index in [4.69, 9.17) is 9.98 Å². The summed E-state index contributed by atoms with van der Waals surface area (Å²) in [6.07, 6.45) is 3.88. The highest BCUT2D eigenvalue weighted by Gasteiger charge is 2.21. The van der Waals surface area contributed by atoms with Crippen molar-refractivity contribution in [2.24, 2.45) is 9.98 Å². The molecule has 0 aliphatic rings. The molecule has 0 atom stereocenters. The van der Waals surface area contributed by atoms with Crippen molar-refractivity contribution in [3.8, 4) is 19.5 Å². The molecule has 9 heteroatoms. The summed E-state index contributed by atoms with van der Waals surface area (Å²) in [6, 6.07) is 16.7. The minimum Gasteiger partial charge on any atom is -0.252 e. The van der Waals surface area contributed by atoms with Gasteiger partial charge < -0.3 is 0 Å². The number of thiophene rings is 5. The van der Waals surface area contributed by atoms with Crippen LogP contribution in [0.2, 0.25) is 0 Å². The van der Waals surface area contributed by atoms with E-state index in [1.54, 1.807) is 56.7 Å². The van der Waals surface area contributed by atoms with E-state index in [0.29, 0.717) is 0 Å². The molecule has 0 saturated heterocycles. The highest BCUT2D eigenvalue weighted by Crippen LogP contribution is 2.54. The van der Waals surface area contributed by atoms with E-state index in [-0.39, 0.29) is 0 Å². The first-order chi connectivity index (χ1) is 15.2. The average molecular weight is 624 g/mol. The molecule has 0 spiro atoms. The smallest absolute Gasteiger partial charge is 0.109 e. The van der Waals surface area contributed by atoms with Crippen molar-refractivity contribution in [1.82, 2.24) is 0 Å². The van der Waals surface area contributed by atoms with Crippen molar-refractivity contribution in [3.05, 3.63) is 76.6 Å². The molecule has 0 aliphatic carbocycles. The van der Waals surface area contributed by atoms with Gasteiger partial charge in [-0.25, -0.2) is 0 Å². The van der Waals surface area contributed by atoms with Crippen LogP contribution >= 0.6 is 88.5 Å². The monoisotopic (exact) mass is 622 g/mol. The van der Waals surface area contributed by atoms with Gasteiger partial charge in [-0.15, -0.1) is 56.7 Å². The van der Waals surface area contributed by atoms with E-state index >= 15 is 0 Å². The van der Waals surface area contributed by atoms with Crippen LogP contribution in [0.5, 0.6) is 0 Å².